The van der Waals surface area contributed by atoms with E-state index in [2.05, 4.69) is 54.6 Å². The summed E-state index contributed by atoms with van der Waals surface area (Å²) in [5, 5.41) is 7.31. The van der Waals surface area contributed by atoms with Crippen LogP contribution in [-0.4, -0.2) is 21.4 Å². The Kier molecular flexibility index (Phi) is 6.35. The molecule has 0 spiro atoms. The molecule has 1 N–H and O–H groups in total. The van der Waals surface area contributed by atoms with Gasteiger partial charge in [0.05, 0.1) is 17.5 Å². The van der Waals surface area contributed by atoms with Crippen LogP contribution in [0, 0.1) is 13.8 Å². The van der Waals surface area contributed by atoms with E-state index in [1.165, 1.54) is 16.7 Å². The predicted octanol–water partition coefficient (Wildman–Crippen LogP) is 4.60. The van der Waals surface area contributed by atoms with E-state index in [1.807, 2.05) is 36.0 Å². The summed E-state index contributed by atoms with van der Waals surface area (Å²) in [5.74, 6) is 1.33. The van der Waals surface area contributed by atoms with E-state index in [0.717, 1.165) is 17.0 Å². The fourth-order valence-electron chi connectivity index (χ4n) is 2.83. The molecule has 0 unspecified atom stereocenters. The van der Waals surface area contributed by atoms with Crippen LogP contribution in [0.4, 0.5) is 0 Å². The zero-order valence-corrected chi connectivity index (χ0v) is 16.8. The van der Waals surface area contributed by atoms with Crippen molar-refractivity contribution in [3.05, 3.63) is 83.2 Å². The fourth-order valence-corrected chi connectivity index (χ4v) is 3.63. The van der Waals surface area contributed by atoms with Crippen LogP contribution in [0.1, 0.15) is 35.2 Å². The number of hydrogen-bond donors (Lipinski definition) is 1. The third-order valence-electron chi connectivity index (χ3n) is 4.62. The first-order valence-electron chi connectivity index (χ1n) is 9.06. The molecule has 0 aliphatic rings. The number of carbonyl (C=O) groups is 1. The van der Waals surface area contributed by atoms with Crippen LogP contribution < -0.4 is 5.32 Å². The minimum absolute atomic E-state index is 0.0192. The number of carbonyl (C=O) groups excluding carboxylic acids is 1. The smallest absolute Gasteiger partial charge is 0.230 e. The van der Waals surface area contributed by atoms with Crippen LogP contribution in [-0.2, 0) is 10.5 Å². The van der Waals surface area contributed by atoms with E-state index < -0.39 is 0 Å². The van der Waals surface area contributed by atoms with Crippen LogP contribution in [0.3, 0.4) is 0 Å². The average molecular weight is 380 g/mol. The Hall–Kier alpha value is -2.53. The molecule has 0 radical (unpaired) electrons. The quantitative estimate of drug-likeness (QED) is 0.653. The van der Waals surface area contributed by atoms with E-state index in [1.54, 1.807) is 18.0 Å². The summed E-state index contributed by atoms with van der Waals surface area (Å²) in [4.78, 5) is 12.2. The molecule has 2 aromatic carbocycles. The molecule has 0 fully saturated rings. The number of amides is 1. The standard InChI is InChI=1S/C22H25N3OS/c1-16-5-8-20(13-17(16)2)18(3)24-22(26)15-27-14-19-6-9-21(10-7-19)25-12-4-11-23-25/h4-13,18H,14-15H2,1-3H3,(H,24,26)/t18-/m0/s1. The van der Waals surface area contributed by atoms with E-state index in [9.17, 15) is 4.79 Å². The van der Waals surface area contributed by atoms with Gasteiger partial charge in [0.15, 0.2) is 0 Å². The van der Waals surface area contributed by atoms with Gasteiger partial charge in [-0.1, -0.05) is 30.3 Å². The van der Waals surface area contributed by atoms with Crippen molar-refractivity contribution in [2.45, 2.75) is 32.6 Å². The van der Waals surface area contributed by atoms with Crippen LogP contribution in [0.25, 0.3) is 5.69 Å². The number of nitrogens with zero attached hydrogens (tertiary/aromatic N) is 2. The molecular formula is C22H25N3OS. The topological polar surface area (TPSA) is 46.9 Å². The van der Waals surface area contributed by atoms with Gasteiger partial charge >= 0.3 is 0 Å². The van der Waals surface area contributed by atoms with Gasteiger partial charge in [-0.25, -0.2) is 4.68 Å². The van der Waals surface area contributed by atoms with Gasteiger partial charge in [-0.05, 0) is 61.2 Å². The molecule has 5 heteroatoms. The number of hydrogen-bond acceptors (Lipinski definition) is 3. The van der Waals surface area contributed by atoms with Gasteiger partial charge in [0.1, 0.15) is 0 Å². The zero-order valence-electron chi connectivity index (χ0n) is 16.0. The Morgan fingerprint density at radius 2 is 1.93 bits per heavy atom. The maximum Gasteiger partial charge on any atom is 0.230 e. The van der Waals surface area contributed by atoms with Gasteiger partial charge in [0.2, 0.25) is 5.91 Å². The van der Waals surface area contributed by atoms with Gasteiger partial charge < -0.3 is 5.32 Å². The van der Waals surface area contributed by atoms with E-state index in [4.69, 9.17) is 0 Å². The van der Waals surface area contributed by atoms with E-state index >= 15 is 0 Å². The molecule has 0 saturated heterocycles. The second-order valence-corrected chi connectivity index (χ2v) is 7.73. The SMILES string of the molecule is Cc1ccc([C@H](C)NC(=O)CSCc2ccc(-n3cccn3)cc2)cc1C. The third kappa shape index (κ3) is 5.23. The first-order chi connectivity index (χ1) is 13.0. The van der Waals surface area contributed by atoms with Crippen molar-refractivity contribution in [1.29, 1.82) is 0 Å². The monoisotopic (exact) mass is 379 g/mol. The molecule has 140 valence electrons. The summed E-state index contributed by atoms with van der Waals surface area (Å²) in [6, 6.07) is 16.5. The molecule has 4 nitrogen and oxygen atoms in total. The second kappa shape index (κ2) is 8.91. The molecule has 0 aliphatic heterocycles. The summed E-state index contributed by atoms with van der Waals surface area (Å²) in [5.41, 5.74) is 5.90. The highest BCUT2D eigenvalue weighted by Crippen LogP contribution is 2.18. The Morgan fingerprint density at radius 3 is 2.59 bits per heavy atom. The van der Waals surface area contributed by atoms with Crippen LogP contribution in [0.2, 0.25) is 0 Å². The molecule has 0 aliphatic carbocycles. The Morgan fingerprint density at radius 1 is 1.15 bits per heavy atom. The second-order valence-electron chi connectivity index (χ2n) is 6.74. The van der Waals surface area contributed by atoms with Gasteiger partial charge in [-0.15, -0.1) is 11.8 Å². The number of aryl methyl sites for hydroxylation is 2. The van der Waals surface area contributed by atoms with Crippen LogP contribution >= 0.6 is 11.8 Å². The molecule has 3 aromatic rings. The lowest BCUT2D eigenvalue weighted by atomic mass is 10.0. The largest absolute Gasteiger partial charge is 0.349 e. The highest BCUT2D eigenvalue weighted by Gasteiger charge is 2.10. The van der Waals surface area contributed by atoms with Crippen molar-refractivity contribution in [2.24, 2.45) is 0 Å². The summed E-state index contributed by atoms with van der Waals surface area (Å²) in [7, 11) is 0. The first kappa shape index (κ1) is 19.2. The van der Waals surface area contributed by atoms with Crippen molar-refractivity contribution in [1.82, 2.24) is 15.1 Å². The van der Waals surface area contributed by atoms with Gasteiger partial charge in [0.25, 0.3) is 0 Å². The molecule has 3 rings (SSSR count). The highest BCUT2D eigenvalue weighted by atomic mass is 32.2. The molecule has 0 bridgehead atoms. The molecule has 1 aromatic heterocycles. The lowest BCUT2D eigenvalue weighted by Gasteiger charge is -2.15. The number of thioether (sulfide) groups is 1. The Labute approximate surface area is 165 Å². The van der Waals surface area contributed by atoms with Crippen molar-refractivity contribution in [3.8, 4) is 5.69 Å². The Balaban J connectivity index is 1.45. The van der Waals surface area contributed by atoms with E-state index in [-0.39, 0.29) is 11.9 Å². The fraction of sp³-hybridized carbons (Fsp3) is 0.273. The lowest BCUT2D eigenvalue weighted by molar-refractivity contribution is -0.119. The van der Waals surface area contributed by atoms with Crippen molar-refractivity contribution >= 4 is 17.7 Å². The average Bonchev–Trinajstić information content (AvgIpc) is 3.19. The summed E-state index contributed by atoms with van der Waals surface area (Å²) in [6.45, 7) is 6.22. The maximum absolute atomic E-state index is 12.2. The number of nitrogens with one attached hydrogen (secondary N) is 1. The van der Waals surface area contributed by atoms with Crippen molar-refractivity contribution < 1.29 is 4.79 Å². The molecule has 27 heavy (non-hydrogen) atoms. The highest BCUT2D eigenvalue weighted by molar-refractivity contribution is 7.99. The Bertz CT molecular complexity index is 888. The molecule has 0 saturated carbocycles. The van der Waals surface area contributed by atoms with Gasteiger partial charge in [-0.2, -0.15) is 5.10 Å². The number of rotatable bonds is 7. The van der Waals surface area contributed by atoms with Gasteiger partial charge in [0, 0.05) is 18.1 Å². The summed E-state index contributed by atoms with van der Waals surface area (Å²) < 4.78 is 1.83. The van der Waals surface area contributed by atoms with E-state index in [0.29, 0.717) is 5.75 Å². The van der Waals surface area contributed by atoms with Crippen molar-refractivity contribution in [2.75, 3.05) is 5.75 Å². The minimum atomic E-state index is 0.0192. The first-order valence-corrected chi connectivity index (χ1v) is 10.2. The molecule has 1 amide bonds. The minimum Gasteiger partial charge on any atom is -0.349 e. The van der Waals surface area contributed by atoms with Crippen LogP contribution in [0.15, 0.2) is 60.9 Å². The predicted molar refractivity (Wildman–Crippen MR) is 112 cm³/mol. The van der Waals surface area contributed by atoms with Crippen LogP contribution in [0.5, 0.6) is 0 Å². The normalized spacial score (nSPS) is 12.0. The lowest BCUT2D eigenvalue weighted by Crippen LogP contribution is -2.28. The van der Waals surface area contributed by atoms with Crippen molar-refractivity contribution in [3.63, 3.8) is 0 Å². The summed E-state index contributed by atoms with van der Waals surface area (Å²) >= 11 is 1.63. The third-order valence-corrected chi connectivity index (χ3v) is 5.62. The summed E-state index contributed by atoms with van der Waals surface area (Å²) in [6.07, 6.45) is 3.69. The number of aromatic nitrogens is 2. The zero-order chi connectivity index (χ0) is 19.2. The maximum atomic E-state index is 12.2. The van der Waals surface area contributed by atoms with Gasteiger partial charge in [-0.3, -0.25) is 4.79 Å². The molecule has 1 heterocycles. The molecular weight excluding hydrogens is 354 g/mol. The number of benzene rings is 2. The molecule has 1 atom stereocenters.